The Morgan fingerprint density at radius 3 is 3.00 bits per heavy atom. The summed E-state index contributed by atoms with van der Waals surface area (Å²) in [6, 6.07) is 5.43. The molecular weight excluding hydrogens is 192 g/mol. The van der Waals surface area contributed by atoms with E-state index in [0.717, 1.165) is 0 Å². The van der Waals surface area contributed by atoms with Gasteiger partial charge in [0.2, 0.25) is 0 Å². The van der Waals surface area contributed by atoms with Crippen LogP contribution in [0.2, 0.25) is 0 Å². The molecule has 1 N–H and O–H groups in total. The zero-order valence-corrected chi connectivity index (χ0v) is 8.00. The van der Waals surface area contributed by atoms with Gasteiger partial charge in [0.05, 0.1) is 11.4 Å². The van der Waals surface area contributed by atoms with E-state index in [0.29, 0.717) is 17.9 Å². The van der Waals surface area contributed by atoms with E-state index in [4.69, 9.17) is 5.11 Å². The van der Waals surface area contributed by atoms with Crippen LogP contribution in [0.25, 0.3) is 5.70 Å². The molecule has 15 heavy (non-hydrogen) atoms. The zero-order valence-electron chi connectivity index (χ0n) is 8.00. The fourth-order valence-electron chi connectivity index (χ4n) is 1.43. The molecule has 1 aromatic rings. The second-order valence-corrected chi connectivity index (χ2v) is 3.09. The highest BCUT2D eigenvalue weighted by atomic mass is 16.4. The van der Waals surface area contributed by atoms with Gasteiger partial charge in [-0.25, -0.2) is 4.79 Å². The van der Waals surface area contributed by atoms with Gasteiger partial charge in [0, 0.05) is 12.7 Å². The number of nitrogens with zero attached hydrogens (tertiary/aromatic N) is 2. The van der Waals surface area contributed by atoms with E-state index < -0.39 is 6.09 Å². The second kappa shape index (κ2) is 3.96. The maximum absolute atomic E-state index is 11.0. The Labute approximate surface area is 87.2 Å². The Morgan fingerprint density at radius 2 is 2.33 bits per heavy atom. The summed E-state index contributed by atoms with van der Waals surface area (Å²) >= 11 is 0. The van der Waals surface area contributed by atoms with E-state index in [-0.39, 0.29) is 0 Å². The van der Waals surface area contributed by atoms with E-state index in [1.807, 2.05) is 12.1 Å². The number of carbonyl (C=O) groups is 1. The van der Waals surface area contributed by atoms with Crippen LogP contribution in [0.4, 0.5) is 4.79 Å². The molecule has 0 saturated carbocycles. The number of carboxylic acid groups (broad SMARTS) is 1. The van der Waals surface area contributed by atoms with Crippen molar-refractivity contribution in [2.75, 3.05) is 6.54 Å². The van der Waals surface area contributed by atoms with Crippen molar-refractivity contribution < 1.29 is 9.90 Å². The lowest BCUT2D eigenvalue weighted by atomic mass is 10.2. The molecule has 0 aliphatic carbocycles. The quantitative estimate of drug-likeness (QED) is 0.757. The topological polar surface area (TPSA) is 53.4 Å². The summed E-state index contributed by atoms with van der Waals surface area (Å²) < 4.78 is 0. The Balaban J connectivity index is 2.38. The lowest BCUT2D eigenvalue weighted by molar-refractivity contribution is 0.169. The first-order chi connectivity index (χ1) is 7.29. The first kappa shape index (κ1) is 9.45. The number of allylic oxidation sites excluding steroid dienone is 2. The highest BCUT2D eigenvalue weighted by Crippen LogP contribution is 2.19. The van der Waals surface area contributed by atoms with Gasteiger partial charge >= 0.3 is 6.09 Å². The molecule has 76 valence electrons. The number of hydrogen-bond donors (Lipinski definition) is 1. The first-order valence-electron chi connectivity index (χ1n) is 4.58. The molecule has 2 heterocycles. The molecule has 0 fully saturated rings. The smallest absolute Gasteiger partial charge is 0.412 e. The van der Waals surface area contributed by atoms with E-state index in [2.05, 4.69) is 4.98 Å². The predicted molar refractivity (Wildman–Crippen MR) is 56.1 cm³/mol. The van der Waals surface area contributed by atoms with Crippen LogP contribution in [-0.4, -0.2) is 27.6 Å². The van der Waals surface area contributed by atoms with Crippen molar-refractivity contribution in [1.29, 1.82) is 0 Å². The normalized spacial score (nSPS) is 14.9. The Hall–Kier alpha value is -2.10. The molecule has 1 aliphatic rings. The van der Waals surface area contributed by atoms with Crippen LogP contribution >= 0.6 is 0 Å². The van der Waals surface area contributed by atoms with Gasteiger partial charge in [0.1, 0.15) is 0 Å². The van der Waals surface area contributed by atoms with Gasteiger partial charge in [-0.3, -0.25) is 9.88 Å². The third kappa shape index (κ3) is 1.88. The van der Waals surface area contributed by atoms with Crippen LogP contribution in [-0.2, 0) is 0 Å². The minimum absolute atomic E-state index is 0.373. The van der Waals surface area contributed by atoms with Crippen LogP contribution in [0.15, 0.2) is 42.6 Å². The van der Waals surface area contributed by atoms with Gasteiger partial charge in [-0.2, -0.15) is 0 Å². The summed E-state index contributed by atoms with van der Waals surface area (Å²) in [5.41, 5.74) is 1.29. The van der Waals surface area contributed by atoms with Crippen molar-refractivity contribution >= 4 is 11.8 Å². The van der Waals surface area contributed by atoms with Crippen LogP contribution in [0.3, 0.4) is 0 Å². The highest BCUT2D eigenvalue weighted by Gasteiger charge is 2.19. The molecule has 0 spiro atoms. The van der Waals surface area contributed by atoms with Crippen molar-refractivity contribution in [2.45, 2.75) is 0 Å². The summed E-state index contributed by atoms with van der Waals surface area (Å²) in [5, 5.41) is 8.99. The van der Waals surface area contributed by atoms with E-state index in [9.17, 15) is 4.79 Å². The number of hydrogen-bond acceptors (Lipinski definition) is 2. The Kier molecular flexibility index (Phi) is 2.49. The minimum atomic E-state index is -0.962. The molecule has 1 amide bonds. The van der Waals surface area contributed by atoms with Gasteiger partial charge in [-0.15, -0.1) is 0 Å². The molecule has 0 unspecified atom stereocenters. The number of pyridine rings is 1. The average Bonchev–Trinajstić information content (AvgIpc) is 2.30. The molecule has 0 radical (unpaired) electrons. The predicted octanol–water partition coefficient (Wildman–Crippen LogP) is 1.97. The highest BCUT2D eigenvalue weighted by molar-refractivity contribution is 5.81. The van der Waals surface area contributed by atoms with Gasteiger partial charge < -0.3 is 5.11 Å². The summed E-state index contributed by atoms with van der Waals surface area (Å²) in [7, 11) is 0. The van der Waals surface area contributed by atoms with Crippen molar-refractivity contribution in [3.63, 3.8) is 0 Å². The Bertz CT molecular complexity index is 423. The lowest BCUT2D eigenvalue weighted by Gasteiger charge is -2.22. The van der Waals surface area contributed by atoms with Crippen molar-refractivity contribution in [2.24, 2.45) is 0 Å². The number of amides is 1. The zero-order chi connectivity index (χ0) is 10.7. The minimum Gasteiger partial charge on any atom is -0.465 e. The molecule has 4 heteroatoms. The molecule has 1 aromatic heterocycles. The number of rotatable bonds is 1. The van der Waals surface area contributed by atoms with Crippen LogP contribution in [0, 0.1) is 0 Å². The van der Waals surface area contributed by atoms with Crippen LogP contribution in [0.1, 0.15) is 5.69 Å². The van der Waals surface area contributed by atoms with Crippen LogP contribution in [0.5, 0.6) is 0 Å². The second-order valence-electron chi connectivity index (χ2n) is 3.09. The van der Waals surface area contributed by atoms with E-state index >= 15 is 0 Å². The summed E-state index contributed by atoms with van der Waals surface area (Å²) in [6.07, 6.45) is 6.06. The number of aromatic nitrogens is 1. The monoisotopic (exact) mass is 202 g/mol. The first-order valence-corrected chi connectivity index (χ1v) is 4.58. The lowest BCUT2D eigenvalue weighted by Crippen LogP contribution is -2.29. The standard InChI is InChI=1S/C11H10N2O2/c14-11(15)13-8-4-2-6-10(13)9-5-1-3-7-12-9/h1-7H,8H2,(H,14,15). The van der Waals surface area contributed by atoms with Gasteiger partial charge in [-0.1, -0.05) is 18.2 Å². The Morgan fingerprint density at radius 1 is 1.47 bits per heavy atom. The SMILES string of the molecule is O=C(O)N1CC=CC=C1c1ccccn1. The van der Waals surface area contributed by atoms with Gasteiger partial charge in [0.15, 0.2) is 0 Å². The maximum atomic E-state index is 11.0. The average molecular weight is 202 g/mol. The van der Waals surface area contributed by atoms with Crippen molar-refractivity contribution in [1.82, 2.24) is 9.88 Å². The molecule has 1 aliphatic heterocycles. The van der Waals surface area contributed by atoms with E-state index in [1.165, 1.54) is 4.90 Å². The molecule has 4 nitrogen and oxygen atoms in total. The van der Waals surface area contributed by atoms with Crippen molar-refractivity contribution in [3.8, 4) is 0 Å². The van der Waals surface area contributed by atoms with E-state index in [1.54, 1.807) is 30.5 Å². The fourth-order valence-corrected chi connectivity index (χ4v) is 1.43. The summed E-state index contributed by atoms with van der Waals surface area (Å²) in [4.78, 5) is 16.4. The summed E-state index contributed by atoms with van der Waals surface area (Å²) in [5.74, 6) is 0. The fraction of sp³-hybridized carbons (Fsp3) is 0.0909. The third-order valence-corrected chi connectivity index (χ3v) is 2.13. The molecule has 0 saturated heterocycles. The third-order valence-electron chi connectivity index (χ3n) is 2.13. The van der Waals surface area contributed by atoms with Gasteiger partial charge in [-0.05, 0) is 18.2 Å². The molecule has 0 bridgehead atoms. The van der Waals surface area contributed by atoms with Crippen molar-refractivity contribution in [3.05, 3.63) is 48.3 Å². The van der Waals surface area contributed by atoms with Gasteiger partial charge in [0.25, 0.3) is 0 Å². The largest absolute Gasteiger partial charge is 0.465 e. The van der Waals surface area contributed by atoms with Crippen LogP contribution < -0.4 is 0 Å². The maximum Gasteiger partial charge on any atom is 0.412 e. The molecular formula is C11H10N2O2. The molecule has 2 rings (SSSR count). The molecule has 0 aromatic carbocycles. The summed E-state index contributed by atoms with van der Waals surface area (Å²) in [6.45, 7) is 0.373. The molecule has 0 atom stereocenters.